The van der Waals surface area contributed by atoms with E-state index in [9.17, 15) is 13.6 Å². The van der Waals surface area contributed by atoms with Crippen molar-refractivity contribution in [3.8, 4) is 0 Å². The fraction of sp³-hybridized carbons (Fsp3) is 0.889. The van der Waals surface area contributed by atoms with Gasteiger partial charge < -0.3 is 4.74 Å². The van der Waals surface area contributed by atoms with Crippen LogP contribution in [0.4, 0.5) is 8.78 Å². The molecule has 0 aromatic heterocycles. The molecule has 0 spiro atoms. The zero-order valence-electron chi connectivity index (χ0n) is 7.69. The Labute approximate surface area is 76.3 Å². The molecule has 1 atom stereocenters. The van der Waals surface area contributed by atoms with Gasteiger partial charge in [-0.3, -0.25) is 4.79 Å². The van der Waals surface area contributed by atoms with Crippen molar-refractivity contribution < 1.29 is 18.3 Å². The summed E-state index contributed by atoms with van der Waals surface area (Å²) in [7, 11) is 0. The second kappa shape index (κ2) is 4.03. The zero-order chi connectivity index (χ0) is 9.90. The van der Waals surface area contributed by atoms with E-state index in [0.29, 0.717) is 12.8 Å². The fourth-order valence-electron chi connectivity index (χ4n) is 1.63. The molecule has 76 valence electrons. The second-order valence-electron chi connectivity index (χ2n) is 3.31. The molecule has 0 heterocycles. The van der Waals surface area contributed by atoms with Crippen molar-refractivity contribution >= 4 is 5.97 Å². The molecule has 0 N–H and O–H groups in total. The van der Waals surface area contributed by atoms with Crippen LogP contribution in [0.2, 0.25) is 0 Å². The highest BCUT2D eigenvalue weighted by Gasteiger charge is 2.46. The Bertz CT molecular complexity index is 192. The SMILES string of the molecule is CCOC(=O)C1CCCCC1(F)F. The van der Waals surface area contributed by atoms with Gasteiger partial charge in [-0.2, -0.15) is 0 Å². The third-order valence-corrected chi connectivity index (χ3v) is 2.33. The van der Waals surface area contributed by atoms with Gasteiger partial charge in [-0.05, 0) is 19.8 Å². The summed E-state index contributed by atoms with van der Waals surface area (Å²) in [5, 5.41) is 0. The van der Waals surface area contributed by atoms with Gasteiger partial charge in [0.25, 0.3) is 5.92 Å². The lowest BCUT2D eigenvalue weighted by molar-refractivity contribution is -0.168. The summed E-state index contributed by atoms with van der Waals surface area (Å²) in [6, 6.07) is 0. The summed E-state index contributed by atoms with van der Waals surface area (Å²) in [6.07, 6.45) is 1.27. The van der Waals surface area contributed by atoms with Gasteiger partial charge in [0.15, 0.2) is 0 Å². The highest BCUT2D eigenvalue weighted by Crippen LogP contribution is 2.38. The molecule has 1 aliphatic rings. The molecule has 1 aliphatic carbocycles. The molecule has 0 radical (unpaired) electrons. The Morgan fingerprint density at radius 2 is 2.23 bits per heavy atom. The first kappa shape index (κ1) is 10.4. The molecular weight excluding hydrogens is 178 g/mol. The number of ether oxygens (including phenoxy) is 1. The lowest BCUT2D eigenvalue weighted by Crippen LogP contribution is -2.38. The predicted molar refractivity (Wildman–Crippen MR) is 43.5 cm³/mol. The van der Waals surface area contributed by atoms with E-state index in [1.165, 1.54) is 0 Å². The van der Waals surface area contributed by atoms with Crippen LogP contribution in [0.3, 0.4) is 0 Å². The van der Waals surface area contributed by atoms with Crippen LogP contribution in [0.5, 0.6) is 0 Å². The molecule has 0 aromatic rings. The van der Waals surface area contributed by atoms with E-state index < -0.39 is 17.8 Å². The monoisotopic (exact) mass is 192 g/mol. The zero-order valence-corrected chi connectivity index (χ0v) is 7.69. The normalized spacial score (nSPS) is 26.8. The molecule has 0 bridgehead atoms. The largest absolute Gasteiger partial charge is 0.466 e. The molecule has 0 aliphatic heterocycles. The van der Waals surface area contributed by atoms with Gasteiger partial charge >= 0.3 is 5.97 Å². The van der Waals surface area contributed by atoms with Gasteiger partial charge in [0.1, 0.15) is 5.92 Å². The second-order valence-corrected chi connectivity index (χ2v) is 3.31. The molecule has 1 saturated carbocycles. The lowest BCUT2D eigenvalue weighted by atomic mass is 9.86. The summed E-state index contributed by atoms with van der Waals surface area (Å²) < 4.78 is 30.9. The number of rotatable bonds is 2. The maximum atomic E-state index is 13.1. The van der Waals surface area contributed by atoms with Gasteiger partial charge in [0.2, 0.25) is 0 Å². The number of esters is 1. The molecule has 0 aromatic carbocycles. The number of hydrogen-bond donors (Lipinski definition) is 0. The van der Waals surface area contributed by atoms with E-state index in [0.717, 1.165) is 0 Å². The van der Waals surface area contributed by atoms with E-state index in [4.69, 9.17) is 0 Å². The lowest BCUT2D eigenvalue weighted by Gasteiger charge is -2.29. The Morgan fingerprint density at radius 3 is 2.77 bits per heavy atom. The molecule has 2 nitrogen and oxygen atoms in total. The molecule has 1 unspecified atom stereocenters. The summed E-state index contributed by atoms with van der Waals surface area (Å²) in [4.78, 5) is 11.1. The number of alkyl halides is 2. The van der Waals surface area contributed by atoms with Gasteiger partial charge in [0.05, 0.1) is 6.61 Å². The number of halogens is 2. The van der Waals surface area contributed by atoms with E-state index in [1.807, 2.05) is 0 Å². The first-order valence-corrected chi connectivity index (χ1v) is 4.62. The van der Waals surface area contributed by atoms with Crippen LogP contribution in [0.1, 0.15) is 32.6 Å². The molecule has 4 heteroatoms. The van der Waals surface area contributed by atoms with Crippen molar-refractivity contribution in [2.45, 2.75) is 38.5 Å². The van der Waals surface area contributed by atoms with Crippen LogP contribution in [-0.4, -0.2) is 18.5 Å². The van der Waals surface area contributed by atoms with E-state index in [-0.39, 0.29) is 19.4 Å². The molecular formula is C9H14F2O2. The highest BCUT2D eigenvalue weighted by atomic mass is 19.3. The number of carbonyl (C=O) groups is 1. The van der Waals surface area contributed by atoms with Gasteiger partial charge in [-0.25, -0.2) is 8.78 Å². The van der Waals surface area contributed by atoms with Gasteiger partial charge in [0, 0.05) is 6.42 Å². The van der Waals surface area contributed by atoms with Crippen molar-refractivity contribution in [3.05, 3.63) is 0 Å². The number of carbonyl (C=O) groups excluding carboxylic acids is 1. The minimum absolute atomic E-state index is 0.172. The Kier molecular flexibility index (Phi) is 3.22. The Hall–Kier alpha value is -0.670. The van der Waals surface area contributed by atoms with Crippen molar-refractivity contribution in [2.24, 2.45) is 5.92 Å². The first-order chi connectivity index (χ1) is 6.08. The summed E-state index contributed by atoms with van der Waals surface area (Å²) >= 11 is 0. The van der Waals surface area contributed by atoms with Gasteiger partial charge in [-0.15, -0.1) is 0 Å². The third-order valence-electron chi connectivity index (χ3n) is 2.33. The van der Waals surface area contributed by atoms with E-state index >= 15 is 0 Å². The van der Waals surface area contributed by atoms with Crippen LogP contribution in [0, 0.1) is 5.92 Å². The fourth-order valence-corrected chi connectivity index (χ4v) is 1.63. The average Bonchev–Trinajstić information content (AvgIpc) is 2.03. The summed E-state index contributed by atoms with van der Waals surface area (Å²) in [5.41, 5.74) is 0. The first-order valence-electron chi connectivity index (χ1n) is 4.62. The molecule has 1 fully saturated rings. The van der Waals surface area contributed by atoms with Crippen LogP contribution in [0.25, 0.3) is 0 Å². The van der Waals surface area contributed by atoms with Gasteiger partial charge in [-0.1, -0.05) is 6.42 Å². The van der Waals surface area contributed by atoms with E-state index in [1.54, 1.807) is 6.92 Å². The topological polar surface area (TPSA) is 26.3 Å². The van der Waals surface area contributed by atoms with Crippen molar-refractivity contribution in [1.82, 2.24) is 0 Å². The average molecular weight is 192 g/mol. The van der Waals surface area contributed by atoms with Crippen molar-refractivity contribution in [2.75, 3.05) is 6.61 Å². The number of hydrogen-bond acceptors (Lipinski definition) is 2. The highest BCUT2D eigenvalue weighted by molar-refractivity contribution is 5.73. The van der Waals surface area contributed by atoms with Crippen LogP contribution in [0.15, 0.2) is 0 Å². The quantitative estimate of drug-likeness (QED) is 0.628. The molecule has 1 rings (SSSR count). The maximum Gasteiger partial charge on any atom is 0.315 e. The standard InChI is InChI=1S/C9H14F2O2/c1-2-13-8(12)7-5-3-4-6-9(7,10)11/h7H,2-6H2,1H3. The maximum absolute atomic E-state index is 13.1. The Balaban J connectivity index is 2.59. The van der Waals surface area contributed by atoms with Crippen LogP contribution >= 0.6 is 0 Å². The smallest absolute Gasteiger partial charge is 0.315 e. The van der Waals surface area contributed by atoms with Crippen LogP contribution in [-0.2, 0) is 9.53 Å². The molecule has 0 saturated heterocycles. The van der Waals surface area contributed by atoms with Crippen molar-refractivity contribution in [3.63, 3.8) is 0 Å². The predicted octanol–water partition coefficient (Wildman–Crippen LogP) is 2.38. The van der Waals surface area contributed by atoms with Crippen molar-refractivity contribution in [1.29, 1.82) is 0 Å². The Morgan fingerprint density at radius 1 is 1.54 bits per heavy atom. The third kappa shape index (κ3) is 2.39. The minimum atomic E-state index is -2.86. The molecule has 13 heavy (non-hydrogen) atoms. The van der Waals surface area contributed by atoms with Crippen LogP contribution < -0.4 is 0 Å². The summed E-state index contributed by atoms with van der Waals surface area (Å²) in [6.45, 7) is 1.80. The summed E-state index contributed by atoms with van der Waals surface area (Å²) in [5.74, 6) is -4.81. The van der Waals surface area contributed by atoms with E-state index in [2.05, 4.69) is 4.74 Å². The molecule has 0 amide bonds. The minimum Gasteiger partial charge on any atom is -0.466 e.